The van der Waals surface area contributed by atoms with Crippen molar-refractivity contribution in [3.05, 3.63) is 18.0 Å². The summed E-state index contributed by atoms with van der Waals surface area (Å²) in [4.78, 5) is 18.9. The van der Waals surface area contributed by atoms with Crippen molar-refractivity contribution in [3.8, 4) is 0 Å². The van der Waals surface area contributed by atoms with Crippen LogP contribution < -0.4 is 10.6 Å². The standard InChI is InChI=1S/C18H32N6O.HI/c1-6-19-17(21-9-8-20-16(25)18(2,3)4)24-10-7-14(13-24)15-11-22-23(5)12-15;/h11-12,14H,6-10,13H2,1-5H3,(H,19,21)(H,20,25);1H. The maximum atomic E-state index is 11.9. The van der Waals surface area contributed by atoms with Gasteiger partial charge in [-0.1, -0.05) is 20.8 Å². The Bertz CT molecular complexity index is 607. The predicted octanol–water partition coefficient (Wildman–Crippen LogP) is 1.96. The number of nitrogens with one attached hydrogen (secondary N) is 2. The summed E-state index contributed by atoms with van der Waals surface area (Å²) in [5, 5.41) is 10.6. The van der Waals surface area contributed by atoms with E-state index in [0.29, 0.717) is 19.0 Å². The lowest BCUT2D eigenvalue weighted by Crippen LogP contribution is -2.41. The number of carbonyl (C=O) groups is 1. The number of halogens is 1. The SMILES string of the molecule is CCNC(=NCCNC(=O)C(C)(C)C)N1CCC(c2cnn(C)c2)C1.I. The molecule has 1 fully saturated rings. The van der Waals surface area contributed by atoms with Crippen molar-refractivity contribution in [2.24, 2.45) is 17.5 Å². The first-order valence-corrected chi connectivity index (χ1v) is 9.11. The molecule has 2 rings (SSSR count). The molecule has 7 nitrogen and oxygen atoms in total. The number of amides is 1. The van der Waals surface area contributed by atoms with Gasteiger partial charge >= 0.3 is 0 Å². The molecule has 0 aliphatic carbocycles. The molecule has 0 radical (unpaired) electrons. The van der Waals surface area contributed by atoms with Gasteiger partial charge in [0, 0.05) is 50.8 Å². The second-order valence-electron chi connectivity index (χ2n) is 7.62. The van der Waals surface area contributed by atoms with Crippen molar-refractivity contribution >= 4 is 35.8 Å². The Morgan fingerprint density at radius 3 is 2.69 bits per heavy atom. The number of guanidine groups is 1. The highest BCUT2D eigenvalue weighted by Gasteiger charge is 2.27. The van der Waals surface area contributed by atoms with Gasteiger partial charge in [-0.15, -0.1) is 24.0 Å². The summed E-state index contributed by atoms with van der Waals surface area (Å²) in [5.41, 5.74) is 0.929. The minimum absolute atomic E-state index is 0. The molecular formula is C18H33IN6O. The van der Waals surface area contributed by atoms with Crippen molar-refractivity contribution in [3.63, 3.8) is 0 Å². The van der Waals surface area contributed by atoms with E-state index in [0.717, 1.165) is 32.0 Å². The topological polar surface area (TPSA) is 74.6 Å². The number of hydrogen-bond acceptors (Lipinski definition) is 3. The van der Waals surface area contributed by atoms with Crippen LogP contribution in [0, 0.1) is 5.41 Å². The first-order chi connectivity index (χ1) is 11.8. The fraction of sp³-hybridized carbons (Fsp3) is 0.722. The second-order valence-corrected chi connectivity index (χ2v) is 7.62. The number of hydrogen-bond donors (Lipinski definition) is 2. The van der Waals surface area contributed by atoms with Crippen LogP contribution in [0.1, 0.15) is 45.6 Å². The summed E-state index contributed by atoms with van der Waals surface area (Å²) in [5.74, 6) is 1.49. The molecule has 1 saturated heterocycles. The van der Waals surface area contributed by atoms with Gasteiger partial charge in [-0.05, 0) is 18.9 Å². The zero-order valence-electron chi connectivity index (χ0n) is 16.6. The molecule has 1 atom stereocenters. The maximum absolute atomic E-state index is 11.9. The first kappa shape index (κ1) is 22.7. The molecule has 1 aromatic rings. The summed E-state index contributed by atoms with van der Waals surface area (Å²) >= 11 is 0. The molecule has 26 heavy (non-hydrogen) atoms. The third-order valence-corrected chi connectivity index (χ3v) is 4.36. The minimum atomic E-state index is -0.361. The molecule has 2 heterocycles. The molecule has 148 valence electrons. The van der Waals surface area contributed by atoms with Crippen LogP contribution in [0.4, 0.5) is 0 Å². The van der Waals surface area contributed by atoms with Crippen LogP contribution in [0.15, 0.2) is 17.4 Å². The molecule has 0 spiro atoms. The molecule has 0 bridgehead atoms. The van der Waals surface area contributed by atoms with Gasteiger partial charge in [-0.2, -0.15) is 5.10 Å². The Kier molecular flexibility index (Phi) is 8.85. The molecule has 1 aromatic heterocycles. The van der Waals surface area contributed by atoms with Crippen molar-refractivity contribution in [1.29, 1.82) is 0 Å². The average molecular weight is 476 g/mol. The molecule has 8 heteroatoms. The summed E-state index contributed by atoms with van der Waals surface area (Å²) < 4.78 is 1.86. The van der Waals surface area contributed by atoms with Gasteiger partial charge in [0.15, 0.2) is 5.96 Å². The Balaban J connectivity index is 0.00000338. The first-order valence-electron chi connectivity index (χ1n) is 9.11. The van der Waals surface area contributed by atoms with E-state index in [2.05, 4.69) is 38.7 Å². The normalized spacial score (nSPS) is 17.8. The molecule has 1 aliphatic rings. The van der Waals surface area contributed by atoms with Crippen molar-refractivity contribution in [1.82, 2.24) is 25.3 Å². The van der Waals surface area contributed by atoms with E-state index in [1.54, 1.807) is 0 Å². The third-order valence-electron chi connectivity index (χ3n) is 4.36. The van der Waals surface area contributed by atoms with Gasteiger partial charge in [0.25, 0.3) is 0 Å². The van der Waals surface area contributed by atoms with Crippen LogP contribution in [0.3, 0.4) is 0 Å². The van der Waals surface area contributed by atoms with Gasteiger partial charge in [-0.3, -0.25) is 14.5 Å². The van der Waals surface area contributed by atoms with E-state index in [4.69, 9.17) is 0 Å². The highest BCUT2D eigenvalue weighted by molar-refractivity contribution is 14.0. The van der Waals surface area contributed by atoms with E-state index in [1.807, 2.05) is 38.7 Å². The predicted molar refractivity (Wildman–Crippen MR) is 116 cm³/mol. The van der Waals surface area contributed by atoms with E-state index >= 15 is 0 Å². The van der Waals surface area contributed by atoms with Crippen molar-refractivity contribution in [2.45, 2.75) is 40.0 Å². The van der Waals surface area contributed by atoms with Gasteiger partial charge in [-0.25, -0.2) is 0 Å². The number of aryl methyl sites for hydroxylation is 1. The van der Waals surface area contributed by atoms with E-state index in [-0.39, 0.29) is 35.3 Å². The summed E-state index contributed by atoms with van der Waals surface area (Å²) in [6.07, 6.45) is 5.16. The van der Waals surface area contributed by atoms with Crippen LogP contribution in [0.5, 0.6) is 0 Å². The molecule has 1 aliphatic heterocycles. The number of likely N-dealkylation sites (tertiary alicyclic amines) is 1. The lowest BCUT2D eigenvalue weighted by molar-refractivity contribution is -0.128. The van der Waals surface area contributed by atoms with Crippen LogP contribution in [-0.4, -0.2) is 59.3 Å². The van der Waals surface area contributed by atoms with Crippen LogP contribution in [-0.2, 0) is 11.8 Å². The number of rotatable bonds is 5. The third kappa shape index (κ3) is 6.44. The molecule has 2 N–H and O–H groups in total. The van der Waals surface area contributed by atoms with E-state index in [9.17, 15) is 4.79 Å². The summed E-state index contributed by atoms with van der Waals surface area (Å²) in [7, 11) is 1.95. The summed E-state index contributed by atoms with van der Waals surface area (Å²) in [6, 6.07) is 0. The van der Waals surface area contributed by atoms with Gasteiger partial charge < -0.3 is 15.5 Å². The van der Waals surface area contributed by atoms with E-state index < -0.39 is 0 Å². The zero-order chi connectivity index (χ0) is 18.4. The second kappa shape index (κ2) is 10.1. The molecular weight excluding hydrogens is 443 g/mol. The molecule has 0 saturated carbocycles. The monoisotopic (exact) mass is 476 g/mol. The Morgan fingerprint density at radius 1 is 1.38 bits per heavy atom. The average Bonchev–Trinajstić information content (AvgIpc) is 3.18. The fourth-order valence-corrected chi connectivity index (χ4v) is 2.90. The van der Waals surface area contributed by atoms with Crippen LogP contribution in [0.2, 0.25) is 0 Å². The van der Waals surface area contributed by atoms with Gasteiger partial charge in [0.1, 0.15) is 0 Å². The van der Waals surface area contributed by atoms with Crippen LogP contribution >= 0.6 is 24.0 Å². The minimum Gasteiger partial charge on any atom is -0.357 e. The van der Waals surface area contributed by atoms with Crippen LogP contribution in [0.25, 0.3) is 0 Å². The molecule has 1 unspecified atom stereocenters. The Hall–Kier alpha value is -1.32. The van der Waals surface area contributed by atoms with Crippen molar-refractivity contribution < 1.29 is 4.79 Å². The highest BCUT2D eigenvalue weighted by Crippen LogP contribution is 2.26. The lowest BCUT2D eigenvalue weighted by Gasteiger charge is -2.22. The van der Waals surface area contributed by atoms with E-state index in [1.165, 1.54) is 5.56 Å². The van der Waals surface area contributed by atoms with Gasteiger partial charge in [0.05, 0.1) is 12.7 Å². The number of carbonyl (C=O) groups excluding carboxylic acids is 1. The zero-order valence-corrected chi connectivity index (χ0v) is 18.9. The van der Waals surface area contributed by atoms with Crippen molar-refractivity contribution in [2.75, 3.05) is 32.7 Å². The number of aliphatic imine (C=N–C) groups is 1. The lowest BCUT2D eigenvalue weighted by atomic mass is 9.96. The summed E-state index contributed by atoms with van der Waals surface area (Å²) in [6.45, 7) is 11.7. The smallest absolute Gasteiger partial charge is 0.225 e. The largest absolute Gasteiger partial charge is 0.357 e. The Morgan fingerprint density at radius 2 is 2.12 bits per heavy atom. The molecule has 1 amide bonds. The number of nitrogens with zero attached hydrogens (tertiary/aromatic N) is 4. The van der Waals surface area contributed by atoms with Gasteiger partial charge in [0.2, 0.25) is 5.91 Å². The fourth-order valence-electron chi connectivity index (χ4n) is 2.90. The number of aromatic nitrogens is 2. The highest BCUT2D eigenvalue weighted by atomic mass is 127. The quantitative estimate of drug-likeness (QED) is 0.295. The maximum Gasteiger partial charge on any atom is 0.225 e. The Labute approximate surface area is 174 Å². The molecule has 0 aromatic carbocycles.